The average molecular weight is 608 g/mol. The number of nitrogens with zero attached hydrogens (tertiary/aromatic N) is 3. The van der Waals surface area contributed by atoms with Crippen LogP contribution >= 0.6 is 34.8 Å². The lowest BCUT2D eigenvalue weighted by molar-refractivity contribution is -0.364. The van der Waals surface area contributed by atoms with Crippen LogP contribution in [0.15, 0.2) is 35.6 Å². The van der Waals surface area contributed by atoms with E-state index in [0.29, 0.717) is 10.7 Å². The molecule has 4 N–H and O–H groups in total. The first kappa shape index (κ1) is 27.2. The summed E-state index contributed by atoms with van der Waals surface area (Å²) in [6.45, 7) is 1.37. The molecule has 3 aliphatic heterocycles. The molecular weight excluding hydrogens is 590 g/mol. The number of benzene rings is 1. The van der Waals surface area contributed by atoms with Crippen LogP contribution in [0.4, 0.5) is 29.5 Å². The first-order chi connectivity index (χ1) is 18.3. The number of anilines is 2. The molecule has 1 aromatic heterocycles. The Labute approximate surface area is 233 Å². The molecule has 2 fully saturated rings. The van der Waals surface area contributed by atoms with E-state index in [2.05, 4.69) is 26.2 Å². The van der Waals surface area contributed by atoms with Gasteiger partial charge in [0.2, 0.25) is 12.0 Å². The highest BCUT2D eigenvalue weighted by molar-refractivity contribution is 6.37. The number of H-pyrrole nitrogens is 1. The van der Waals surface area contributed by atoms with Crippen molar-refractivity contribution in [1.82, 2.24) is 15.6 Å². The Morgan fingerprint density at radius 2 is 1.90 bits per heavy atom. The van der Waals surface area contributed by atoms with E-state index >= 15 is 0 Å². The zero-order chi connectivity index (χ0) is 28.3. The Kier molecular flexibility index (Phi) is 6.77. The van der Waals surface area contributed by atoms with Crippen LogP contribution in [0.25, 0.3) is 0 Å². The molecule has 3 atom stereocenters. The van der Waals surface area contributed by atoms with E-state index in [9.17, 15) is 27.6 Å². The Morgan fingerprint density at radius 3 is 2.56 bits per heavy atom. The van der Waals surface area contributed by atoms with Crippen molar-refractivity contribution in [2.45, 2.75) is 24.9 Å². The molecule has 0 aliphatic carbocycles. The molecule has 11 nitrogen and oxygen atoms in total. The molecule has 4 heterocycles. The Bertz CT molecular complexity index is 1430. The van der Waals surface area contributed by atoms with Gasteiger partial charge in [-0.2, -0.15) is 18.6 Å². The number of oxime groups is 1. The van der Waals surface area contributed by atoms with Gasteiger partial charge in [0, 0.05) is 5.02 Å². The number of urea groups is 1. The van der Waals surface area contributed by atoms with Crippen LogP contribution in [-0.4, -0.2) is 53.3 Å². The van der Waals surface area contributed by atoms with E-state index in [-0.39, 0.29) is 34.7 Å². The molecule has 2 saturated heterocycles. The number of pyridine rings is 1. The number of alkyl halides is 3. The number of aromatic amines is 1. The molecule has 206 valence electrons. The van der Waals surface area contributed by atoms with E-state index in [1.165, 1.54) is 12.1 Å². The van der Waals surface area contributed by atoms with E-state index < -0.39 is 47.3 Å². The van der Waals surface area contributed by atoms with Crippen LogP contribution in [0, 0.1) is 5.92 Å². The van der Waals surface area contributed by atoms with Crippen molar-refractivity contribution >= 4 is 69.9 Å². The van der Waals surface area contributed by atoms with Gasteiger partial charge in [-0.1, -0.05) is 40.0 Å². The zero-order valence-electron chi connectivity index (χ0n) is 19.7. The van der Waals surface area contributed by atoms with Crippen molar-refractivity contribution in [1.29, 1.82) is 0 Å². The Morgan fingerprint density at radius 1 is 1.15 bits per heavy atom. The van der Waals surface area contributed by atoms with Gasteiger partial charge in [-0.25, -0.2) is 14.8 Å². The molecule has 0 bridgehead atoms. The zero-order valence-corrected chi connectivity index (χ0v) is 22.0. The number of hydrazine groups is 1. The first-order valence-corrected chi connectivity index (χ1v) is 12.4. The van der Waals surface area contributed by atoms with Gasteiger partial charge in [0.1, 0.15) is 29.4 Å². The summed E-state index contributed by atoms with van der Waals surface area (Å²) in [7, 11) is 0. The quantitative estimate of drug-likeness (QED) is 0.433. The number of rotatable bonds is 6. The second kappa shape index (κ2) is 9.70. The molecule has 0 saturated carbocycles. The number of carbonyl (C=O) groups is 3. The highest BCUT2D eigenvalue weighted by Crippen LogP contribution is 2.36. The molecular formula is C22H18Cl3F3N7O4+. The average Bonchev–Trinajstić information content (AvgIpc) is 3.49. The fourth-order valence-electron chi connectivity index (χ4n) is 4.45. The smallest absolute Gasteiger partial charge is 0.381 e. The number of likely N-dealkylation sites (tertiary alicyclic amines) is 1. The number of fused-ring (bicyclic) bond motifs is 1. The second-order valence-electron chi connectivity index (χ2n) is 8.94. The van der Waals surface area contributed by atoms with Gasteiger partial charge in [0.05, 0.1) is 22.8 Å². The maximum absolute atomic E-state index is 13.3. The predicted molar refractivity (Wildman–Crippen MR) is 133 cm³/mol. The van der Waals surface area contributed by atoms with Crippen LogP contribution in [0.5, 0.6) is 0 Å². The summed E-state index contributed by atoms with van der Waals surface area (Å²) in [6.07, 6.45) is -5.07. The molecule has 17 heteroatoms. The summed E-state index contributed by atoms with van der Waals surface area (Å²) in [6, 6.07) is 4.67. The van der Waals surface area contributed by atoms with Crippen molar-refractivity contribution in [2.75, 3.05) is 23.4 Å². The molecule has 1 aromatic carbocycles. The minimum Gasteiger partial charge on any atom is -0.381 e. The van der Waals surface area contributed by atoms with Crippen LogP contribution in [-0.2, 0) is 20.6 Å². The number of imide groups is 1. The highest BCUT2D eigenvalue weighted by Gasteiger charge is 2.61. The number of carbonyl (C=O) groups excluding carboxylic acids is 3. The summed E-state index contributed by atoms with van der Waals surface area (Å²) in [4.78, 5) is 47.6. The summed E-state index contributed by atoms with van der Waals surface area (Å²) in [5.41, 5.74) is 0.916. The SMILES string of the molecule is C[C@]1(C2=NOC3C(=O)N(CCNc4[nH+]cc(C(F)(F)F)cc4Cl)C(=O)C23)NC(=O)N(c2ccc(Cl)cc2Cl)N1. The molecule has 39 heavy (non-hydrogen) atoms. The molecule has 5 rings (SSSR count). The maximum atomic E-state index is 13.3. The monoisotopic (exact) mass is 606 g/mol. The van der Waals surface area contributed by atoms with Gasteiger partial charge in [0.25, 0.3) is 11.7 Å². The number of aromatic nitrogens is 1. The van der Waals surface area contributed by atoms with E-state index in [0.717, 1.165) is 22.2 Å². The van der Waals surface area contributed by atoms with Gasteiger partial charge < -0.3 is 10.2 Å². The van der Waals surface area contributed by atoms with Gasteiger partial charge in [0.15, 0.2) is 5.66 Å². The fraction of sp³-hybridized carbons (Fsp3) is 0.318. The molecule has 0 radical (unpaired) electrons. The number of hydrogen-bond acceptors (Lipinski definition) is 7. The van der Waals surface area contributed by atoms with Gasteiger partial charge >= 0.3 is 12.2 Å². The summed E-state index contributed by atoms with van der Waals surface area (Å²) in [5.74, 6) is -2.32. The van der Waals surface area contributed by atoms with Gasteiger partial charge in [-0.3, -0.25) is 19.8 Å². The number of nitrogens with one attached hydrogen (secondary N) is 4. The molecule has 4 amide bonds. The minimum absolute atomic E-state index is 0.0277. The van der Waals surface area contributed by atoms with Crippen molar-refractivity contribution in [2.24, 2.45) is 11.1 Å². The number of hydrogen-bond donors (Lipinski definition) is 3. The third-order valence-corrected chi connectivity index (χ3v) is 7.16. The molecule has 2 aromatic rings. The highest BCUT2D eigenvalue weighted by atomic mass is 35.5. The number of halogens is 6. The lowest BCUT2D eigenvalue weighted by Crippen LogP contribution is -2.58. The van der Waals surface area contributed by atoms with Crippen molar-refractivity contribution in [3.63, 3.8) is 0 Å². The number of amides is 4. The van der Waals surface area contributed by atoms with E-state index in [1.54, 1.807) is 13.0 Å². The standard InChI is InChI=1S/C22H17Cl3F3N7O4/c1-21(31-20(38)35(33-21)13-3-2-10(23)7-11(13)24)16-14-15(39-32-16)19(37)34(18(14)36)5-4-29-17-12(25)6-9(8-30-17)22(26,27)28/h2-3,6-8,14-15,33H,4-5H2,1H3,(H,29,30)(H,31,38)/p+1/t14?,15?,21-/m0/s1. The molecule has 3 aliphatic rings. The third-order valence-electron chi connectivity index (χ3n) is 6.32. The Hall–Kier alpha value is -3.33. The summed E-state index contributed by atoms with van der Waals surface area (Å²) >= 11 is 18.1. The first-order valence-electron chi connectivity index (χ1n) is 11.3. The van der Waals surface area contributed by atoms with Crippen molar-refractivity contribution < 1.29 is 37.4 Å². The summed E-state index contributed by atoms with van der Waals surface area (Å²) in [5, 5.41) is 10.9. The lowest BCUT2D eigenvalue weighted by Gasteiger charge is -2.26. The fourth-order valence-corrected chi connectivity index (χ4v) is 5.18. The molecule has 0 spiro atoms. The third kappa shape index (κ3) is 4.81. The normalized spacial score (nSPS) is 24.6. The van der Waals surface area contributed by atoms with Crippen molar-refractivity contribution in [3.05, 3.63) is 51.1 Å². The van der Waals surface area contributed by atoms with Crippen molar-refractivity contribution in [3.8, 4) is 0 Å². The summed E-state index contributed by atoms with van der Waals surface area (Å²) < 4.78 is 38.5. The molecule has 2 unspecified atom stereocenters. The minimum atomic E-state index is -4.58. The van der Waals surface area contributed by atoms with Crippen LogP contribution in [0.3, 0.4) is 0 Å². The van der Waals surface area contributed by atoms with E-state index in [4.69, 9.17) is 39.6 Å². The Balaban J connectivity index is 1.27. The second-order valence-corrected chi connectivity index (χ2v) is 10.2. The largest absolute Gasteiger partial charge is 0.419 e. The van der Waals surface area contributed by atoms with Gasteiger partial charge in [-0.15, -0.1) is 0 Å². The van der Waals surface area contributed by atoms with E-state index in [1.807, 2.05) is 0 Å². The lowest BCUT2D eigenvalue weighted by atomic mass is 9.91. The van der Waals surface area contributed by atoms with Crippen LogP contribution in [0.2, 0.25) is 15.1 Å². The maximum Gasteiger partial charge on any atom is 0.419 e. The van der Waals surface area contributed by atoms with Crippen LogP contribution < -0.4 is 26.1 Å². The van der Waals surface area contributed by atoms with Gasteiger partial charge in [-0.05, 0) is 31.2 Å². The topological polar surface area (TPSA) is 130 Å². The van der Waals surface area contributed by atoms with Crippen LogP contribution in [0.1, 0.15) is 12.5 Å². The predicted octanol–water partition coefficient (Wildman–Crippen LogP) is 3.08.